The lowest BCUT2D eigenvalue weighted by Gasteiger charge is -2.31. The molecule has 1 heterocycles. The molecule has 98 valence electrons. The van der Waals surface area contributed by atoms with Crippen molar-refractivity contribution in [3.63, 3.8) is 0 Å². The normalized spacial score (nSPS) is 15.2. The van der Waals surface area contributed by atoms with Gasteiger partial charge in [0, 0.05) is 21.7 Å². The maximum Gasteiger partial charge on any atom is 0.414 e. The molecule has 0 atom stereocenters. The lowest BCUT2D eigenvalue weighted by Crippen LogP contribution is -2.39. The fourth-order valence-corrected chi connectivity index (χ4v) is 3.24. The molecule has 0 fully saturated rings. The average Bonchev–Trinajstić information content (AvgIpc) is 2.25. The Morgan fingerprint density at radius 2 is 2.17 bits per heavy atom. The molecular formula is C13H16BrNO2S. The topological polar surface area (TPSA) is 29.5 Å². The Balaban J connectivity index is 2.25. The summed E-state index contributed by atoms with van der Waals surface area (Å²) in [7, 11) is 0. The fraction of sp³-hybridized carbons (Fsp3) is 0.462. The Labute approximate surface area is 120 Å². The molecule has 0 bridgehead atoms. The Kier molecular flexibility index (Phi) is 3.92. The van der Waals surface area contributed by atoms with Crippen molar-refractivity contribution in [3.05, 3.63) is 22.7 Å². The van der Waals surface area contributed by atoms with E-state index in [1.807, 2.05) is 39.0 Å². The molecule has 0 spiro atoms. The number of amides is 1. The lowest BCUT2D eigenvalue weighted by molar-refractivity contribution is 0.0581. The van der Waals surface area contributed by atoms with Gasteiger partial charge >= 0.3 is 6.09 Å². The molecule has 0 aromatic heterocycles. The van der Waals surface area contributed by atoms with Crippen LogP contribution in [0, 0.1) is 0 Å². The van der Waals surface area contributed by atoms with Crippen molar-refractivity contribution in [1.82, 2.24) is 0 Å². The number of halogens is 1. The summed E-state index contributed by atoms with van der Waals surface area (Å²) in [5, 5.41) is 0. The van der Waals surface area contributed by atoms with Gasteiger partial charge in [-0.1, -0.05) is 15.9 Å². The molecule has 1 aromatic rings. The van der Waals surface area contributed by atoms with Gasteiger partial charge in [-0.25, -0.2) is 4.79 Å². The van der Waals surface area contributed by atoms with Gasteiger partial charge in [0.15, 0.2) is 0 Å². The SMILES string of the molecule is CC(C)(C)OC(=O)N1CCSc2cc(Br)ccc21. The fourth-order valence-electron chi connectivity index (χ4n) is 1.70. The van der Waals surface area contributed by atoms with Crippen LogP contribution in [0.1, 0.15) is 20.8 Å². The van der Waals surface area contributed by atoms with E-state index in [4.69, 9.17) is 4.74 Å². The van der Waals surface area contributed by atoms with Crippen LogP contribution in [0.15, 0.2) is 27.6 Å². The van der Waals surface area contributed by atoms with Crippen LogP contribution in [0.5, 0.6) is 0 Å². The quantitative estimate of drug-likeness (QED) is 0.710. The highest BCUT2D eigenvalue weighted by atomic mass is 79.9. The van der Waals surface area contributed by atoms with Gasteiger partial charge < -0.3 is 4.74 Å². The number of ether oxygens (including phenoxy) is 1. The van der Waals surface area contributed by atoms with Crippen LogP contribution in [0.4, 0.5) is 10.5 Å². The molecule has 1 aliphatic rings. The van der Waals surface area contributed by atoms with Gasteiger partial charge in [-0.3, -0.25) is 4.90 Å². The van der Waals surface area contributed by atoms with Gasteiger partial charge in [0.2, 0.25) is 0 Å². The monoisotopic (exact) mass is 329 g/mol. The van der Waals surface area contributed by atoms with Crippen molar-refractivity contribution < 1.29 is 9.53 Å². The van der Waals surface area contributed by atoms with E-state index in [2.05, 4.69) is 15.9 Å². The third kappa shape index (κ3) is 3.20. The van der Waals surface area contributed by atoms with Gasteiger partial charge in [0.25, 0.3) is 0 Å². The number of benzene rings is 1. The lowest BCUT2D eigenvalue weighted by atomic mass is 10.2. The highest BCUT2D eigenvalue weighted by molar-refractivity contribution is 9.10. The summed E-state index contributed by atoms with van der Waals surface area (Å²) in [4.78, 5) is 15.0. The number of hydrogen-bond acceptors (Lipinski definition) is 3. The first kappa shape index (κ1) is 13.7. The summed E-state index contributed by atoms with van der Waals surface area (Å²) in [6.07, 6.45) is -0.272. The van der Waals surface area contributed by atoms with E-state index < -0.39 is 5.60 Å². The molecule has 0 aliphatic carbocycles. The van der Waals surface area contributed by atoms with Crippen molar-refractivity contribution in [2.45, 2.75) is 31.3 Å². The van der Waals surface area contributed by atoms with Crippen LogP contribution in [-0.2, 0) is 4.74 Å². The summed E-state index contributed by atoms with van der Waals surface area (Å²) in [6, 6.07) is 5.94. The molecule has 0 N–H and O–H groups in total. The van der Waals surface area contributed by atoms with Crippen molar-refractivity contribution in [2.24, 2.45) is 0 Å². The number of nitrogens with zero attached hydrogens (tertiary/aromatic N) is 1. The van der Waals surface area contributed by atoms with Gasteiger partial charge in [-0.05, 0) is 39.0 Å². The minimum Gasteiger partial charge on any atom is -0.443 e. The van der Waals surface area contributed by atoms with Crippen molar-refractivity contribution in [3.8, 4) is 0 Å². The zero-order valence-corrected chi connectivity index (χ0v) is 13.1. The number of anilines is 1. The van der Waals surface area contributed by atoms with Gasteiger partial charge in [-0.2, -0.15) is 0 Å². The zero-order chi connectivity index (χ0) is 13.3. The number of fused-ring (bicyclic) bond motifs is 1. The molecule has 18 heavy (non-hydrogen) atoms. The van der Waals surface area contributed by atoms with E-state index in [1.54, 1.807) is 16.7 Å². The highest BCUT2D eigenvalue weighted by Crippen LogP contribution is 2.37. The smallest absolute Gasteiger partial charge is 0.414 e. The first-order chi connectivity index (χ1) is 8.37. The van der Waals surface area contributed by atoms with E-state index >= 15 is 0 Å². The Hall–Kier alpha value is -0.680. The summed E-state index contributed by atoms with van der Waals surface area (Å²) in [5.41, 5.74) is 0.473. The number of carbonyl (C=O) groups is 1. The van der Waals surface area contributed by atoms with E-state index in [0.29, 0.717) is 6.54 Å². The maximum atomic E-state index is 12.1. The summed E-state index contributed by atoms with van der Waals surface area (Å²) >= 11 is 5.21. The number of thioether (sulfide) groups is 1. The van der Waals surface area contributed by atoms with Crippen molar-refractivity contribution >= 4 is 39.5 Å². The molecule has 5 heteroatoms. The Morgan fingerprint density at radius 3 is 2.83 bits per heavy atom. The van der Waals surface area contributed by atoms with Crippen LogP contribution in [0.3, 0.4) is 0 Å². The van der Waals surface area contributed by atoms with E-state index in [1.165, 1.54) is 0 Å². The third-order valence-electron chi connectivity index (χ3n) is 2.40. The van der Waals surface area contributed by atoms with Crippen LogP contribution in [0.2, 0.25) is 0 Å². The van der Waals surface area contributed by atoms with Crippen LogP contribution in [-0.4, -0.2) is 24.0 Å². The summed E-state index contributed by atoms with van der Waals surface area (Å²) in [6.45, 7) is 6.33. The predicted molar refractivity (Wildman–Crippen MR) is 78.4 cm³/mol. The molecule has 1 amide bonds. The molecule has 3 nitrogen and oxygen atoms in total. The highest BCUT2D eigenvalue weighted by Gasteiger charge is 2.27. The molecule has 1 aliphatic heterocycles. The molecular weight excluding hydrogens is 314 g/mol. The van der Waals surface area contributed by atoms with Gasteiger partial charge in [0.1, 0.15) is 5.60 Å². The largest absolute Gasteiger partial charge is 0.443 e. The minimum absolute atomic E-state index is 0.272. The number of hydrogen-bond donors (Lipinski definition) is 0. The van der Waals surface area contributed by atoms with Gasteiger partial charge in [0.05, 0.1) is 5.69 Å². The standard InChI is InChI=1S/C13H16BrNO2S/c1-13(2,3)17-12(16)15-6-7-18-11-8-9(14)4-5-10(11)15/h4-5,8H,6-7H2,1-3H3. The first-order valence-electron chi connectivity index (χ1n) is 5.80. The van der Waals surface area contributed by atoms with E-state index in [9.17, 15) is 4.79 Å². The van der Waals surface area contributed by atoms with Crippen molar-refractivity contribution in [2.75, 3.05) is 17.2 Å². The molecule has 0 unspecified atom stereocenters. The second-order valence-corrected chi connectivity index (χ2v) is 7.14. The average molecular weight is 330 g/mol. The second-order valence-electron chi connectivity index (χ2n) is 5.09. The van der Waals surface area contributed by atoms with Crippen molar-refractivity contribution in [1.29, 1.82) is 0 Å². The predicted octanol–water partition coefficient (Wildman–Crippen LogP) is 4.30. The van der Waals surface area contributed by atoms with Gasteiger partial charge in [-0.15, -0.1) is 11.8 Å². The van der Waals surface area contributed by atoms with Crippen LogP contribution >= 0.6 is 27.7 Å². The molecule has 0 saturated heterocycles. The van der Waals surface area contributed by atoms with E-state index in [0.717, 1.165) is 20.8 Å². The third-order valence-corrected chi connectivity index (χ3v) is 3.92. The molecule has 1 aromatic carbocycles. The zero-order valence-electron chi connectivity index (χ0n) is 10.7. The van der Waals surface area contributed by atoms with Crippen LogP contribution < -0.4 is 4.90 Å². The summed E-state index contributed by atoms with van der Waals surface area (Å²) in [5.74, 6) is 0.892. The second kappa shape index (κ2) is 5.13. The molecule has 2 rings (SSSR count). The number of rotatable bonds is 0. The maximum absolute atomic E-state index is 12.1. The Bertz CT molecular complexity index is 471. The summed E-state index contributed by atoms with van der Waals surface area (Å²) < 4.78 is 6.46. The number of carbonyl (C=O) groups excluding carboxylic acids is 1. The van der Waals surface area contributed by atoms with Crippen LogP contribution in [0.25, 0.3) is 0 Å². The molecule has 0 radical (unpaired) electrons. The molecule has 0 saturated carbocycles. The first-order valence-corrected chi connectivity index (χ1v) is 7.57. The Morgan fingerprint density at radius 1 is 1.44 bits per heavy atom. The minimum atomic E-state index is -0.461. The van der Waals surface area contributed by atoms with E-state index in [-0.39, 0.29) is 6.09 Å².